The van der Waals surface area contributed by atoms with Gasteiger partial charge in [-0.05, 0) is 38.8 Å². The van der Waals surface area contributed by atoms with Crippen LogP contribution in [0.5, 0.6) is 5.75 Å². The van der Waals surface area contributed by atoms with E-state index in [1.165, 1.54) is 5.69 Å². The second-order valence-corrected chi connectivity index (χ2v) is 5.86. The molecule has 4 heteroatoms. The summed E-state index contributed by atoms with van der Waals surface area (Å²) < 4.78 is 11.2. The van der Waals surface area contributed by atoms with Crippen molar-refractivity contribution < 1.29 is 9.47 Å². The summed E-state index contributed by atoms with van der Waals surface area (Å²) in [4.78, 5) is 2.37. The van der Waals surface area contributed by atoms with Crippen LogP contribution >= 0.6 is 0 Å². The van der Waals surface area contributed by atoms with Crippen LogP contribution in [0.1, 0.15) is 38.3 Å². The van der Waals surface area contributed by atoms with Gasteiger partial charge in [-0.25, -0.2) is 0 Å². The standard InChI is InChI=1S/C16H26N2O2/c1-12(17)15-13(7-5-8-14(15)19-3)18-10-6-9-16(2,11-18)20-4/h5,7-8,12H,6,9-11,17H2,1-4H3/t12-,16?/m0/s1. The van der Waals surface area contributed by atoms with Crippen LogP contribution in [-0.4, -0.2) is 32.9 Å². The Bertz CT molecular complexity index is 462. The number of hydrogen-bond donors (Lipinski definition) is 1. The fourth-order valence-corrected chi connectivity index (χ4v) is 3.02. The Hall–Kier alpha value is -1.26. The van der Waals surface area contributed by atoms with Crippen LogP contribution < -0.4 is 15.4 Å². The van der Waals surface area contributed by atoms with Crippen LogP contribution in [0.25, 0.3) is 0 Å². The molecule has 1 aliphatic rings. The highest BCUT2D eigenvalue weighted by molar-refractivity contribution is 5.61. The molecule has 0 bridgehead atoms. The van der Waals surface area contributed by atoms with Crippen molar-refractivity contribution in [3.8, 4) is 5.75 Å². The second kappa shape index (κ2) is 6.02. The van der Waals surface area contributed by atoms with Gasteiger partial charge in [0.1, 0.15) is 5.75 Å². The summed E-state index contributed by atoms with van der Waals surface area (Å²) in [6.45, 7) is 6.09. The maximum atomic E-state index is 6.16. The fourth-order valence-electron chi connectivity index (χ4n) is 3.02. The van der Waals surface area contributed by atoms with Gasteiger partial charge in [0.25, 0.3) is 0 Å². The van der Waals surface area contributed by atoms with Gasteiger partial charge in [0.05, 0.1) is 12.7 Å². The normalized spacial score (nSPS) is 24.6. The van der Waals surface area contributed by atoms with Crippen LogP contribution in [0, 0.1) is 0 Å². The lowest BCUT2D eigenvalue weighted by atomic mass is 9.93. The largest absolute Gasteiger partial charge is 0.496 e. The zero-order valence-electron chi connectivity index (χ0n) is 13.0. The minimum atomic E-state index is -0.0869. The SMILES string of the molecule is COc1cccc(N2CCCC(C)(OC)C2)c1[C@H](C)N. The molecule has 1 aromatic carbocycles. The fraction of sp³-hybridized carbons (Fsp3) is 0.625. The van der Waals surface area contributed by atoms with E-state index in [0.29, 0.717) is 0 Å². The van der Waals surface area contributed by atoms with Gasteiger partial charge in [-0.3, -0.25) is 0 Å². The lowest BCUT2D eigenvalue weighted by molar-refractivity contribution is -0.00470. The molecule has 1 aromatic rings. The molecule has 0 spiro atoms. The lowest BCUT2D eigenvalue weighted by Crippen LogP contribution is -2.47. The maximum absolute atomic E-state index is 6.16. The van der Waals surface area contributed by atoms with Gasteiger partial charge >= 0.3 is 0 Å². The molecule has 0 aliphatic carbocycles. The van der Waals surface area contributed by atoms with Crippen molar-refractivity contribution in [1.82, 2.24) is 0 Å². The molecule has 2 rings (SSSR count). The quantitative estimate of drug-likeness (QED) is 0.920. The van der Waals surface area contributed by atoms with Crippen LogP contribution in [0.2, 0.25) is 0 Å². The van der Waals surface area contributed by atoms with Gasteiger partial charge in [0.15, 0.2) is 0 Å². The van der Waals surface area contributed by atoms with Crippen molar-refractivity contribution in [2.24, 2.45) is 5.73 Å². The molecular weight excluding hydrogens is 252 g/mol. The van der Waals surface area contributed by atoms with Crippen LogP contribution in [0.15, 0.2) is 18.2 Å². The third-order valence-electron chi connectivity index (χ3n) is 4.21. The zero-order valence-corrected chi connectivity index (χ0v) is 13.0. The Balaban J connectivity index is 2.37. The van der Waals surface area contributed by atoms with E-state index in [2.05, 4.69) is 17.9 Å². The first-order valence-electron chi connectivity index (χ1n) is 7.23. The molecule has 4 nitrogen and oxygen atoms in total. The van der Waals surface area contributed by atoms with E-state index in [9.17, 15) is 0 Å². The molecular formula is C16H26N2O2. The molecule has 1 saturated heterocycles. The first kappa shape index (κ1) is 15.1. The van der Waals surface area contributed by atoms with Gasteiger partial charge in [-0.15, -0.1) is 0 Å². The first-order valence-corrected chi connectivity index (χ1v) is 7.23. The summed E-state index contributed by atoms with van der Waals surface area (Å²) in [7, 11) is 3.49. The minimum absolute atomic E-state index is 0.0584. The maximum Gasteiger partial charge on any atom is 0.125 e. The molecule has 2 atom stereocenters. The summed E-state index contributed by atoms with van der Waals surface area (Å²) >= 11 is 0. The first-order chi connectivity index (χ1) is 9.50. The number of piperidine rings is 1. The number of anilines is 1. The predicted molar refractivity (Wildman–Crippen MR) is 82.5 cm³/mol. The molecule has 20 heavy (non-hydrogen) atoms. The number of rotatable bonds is 4. The number of methoxy groups -OCH3 is 2. The van der Waals surface area contributed by atoms with E-state index >= 15 is 0 Å². The molecule has 1 heterocycles. The van der Waals surface area contributed by atoms with Gasteiger partial charge in [-0.2, -0.15) is 0 Å². The molecule has 0 saturated carbocycles. The van der Waals surface area contributed by atoms with Crippen LogP contribution in [0.4, 0.5) is 5.69 Å². The van der Waals surface area contributed by atoms with Gasteiger partial charge < -0.3 is 20.1 Å². The summed E-state index contributed by atoms with van der Waals surface area (Å²) in [6.07, 6.45) is 2.22. The van der Waals surface area contributed by atoms with Crippen molar-refractivity contribution in [2.45, 2.75) is 38.3 Å². The van der Waals surface area contributed by atoms with Crippen LogP contribution in [0.3, 0.4) is 0 Å². The molecule has 0 radical (unpaired) electrons. The third-order valence-corrected chi connectivity index (χ3v) is 4.21. The van der Waals surface area contributed by atoms with Crippen molar-refractivity contribution in [1.29, 1.82) is 0 Å². The highest BCUT2D eigenvalue weighted by Crippen LogP contribution is 2.36. The lowest BCUT2D eigenvalue weighted by Gasteiger charge is -2.41. The number of nitrogens with zero attached hydrogens (tertiary/aromatic N) is 1. The second-order valence-electron chi connectivity index (χ2n) is 5.86. The summed E-state index contributed by atoms with van der Waals surface area (Å²) in [6, 6.07) is 6.07. The van der Waals surface area contributed by atoms with E-state index in [-0.39, 0.29) is 11.6 Å². The zero-order chi connectivity index (χ0) is 14.8. The van der Waals surface area contributed by atoms with E-state index in [4.69, 9.17) is 15.2 Å². The van der Waals surface area contributed by atoms with Crippen molar-refractivity contribution >= 4 is 5.69 Å². The highest BCUT2D eigenvalue weighted by Gasteiger charge is 2.32. The number of benzene rings is 1. The average Bonchev–Trinajstić information content (AvgIpc) is 2.46. The van der Waals surface area contributed by atoms with E-state index in [0.717, 1.165) is 37.2 Å². The highest BCUT2D eigenvalue weighted by atomic mass is 16.5. The Morgan fingerprint density at radius 2 is 2.10 bits per heavy atom. The smallest absolute Gasteiger partial charge is 0.125 e. The van der Waals surface area contributed by atoms with Crippen LogP contribution in [-0.2, 0) is 4.74 Å². The molecule has 2 N–H and O–H groups in total. The van der Waals surface area contributed by atoms with E-state index in [1.807, 2.05) is 19.1 Å². The summed E-state index contributed by atoms with van der Waals surface area (Å²) in [5, 5.41) is 0. The Kier molecular flexibility index (Phi) is 4.55. The van der Waals surface area contributed by atoms with Crippen molar-refractivity contribution in [2.75, 3.05) is 32.2 Å². The monoisotopic (exact) mass is 278 g/mol. The molecule has 0 aromatic heterocycles. The van der Waals surface area contributed by atoms with E-state index in [1.54, 1.807) is 14.2 Å². The summed E-state index contributed by atoms with van der Waals surface area (Å²) in [5.74, 6) is 0.863. The molecule has 112 valence electrons. The summed E-state index contributed by atoms with van der Waals surface area (Å²) in [5.41, 5.74) is 8.32. The topological polar surface area (TPSA) is 47.7 Å². The van der Waals surface area contributed by atoms with Crippen molar-refractivity contribution in [3.63, 3.8) is 0 Å². The third kappa shape index (κ3) is 2.91. The molecule has 1 aliphatic heterocycles. The van der Waals surface area contributed by atoms with Gasteiger partial charge in [0, 0.05) is 37.5 Å². The molecule has 1 unspecified atom stereocenters. The Morgan fingerprint density at radius 3 is 2.70 bits per heavy atom. The molecule has 0 amide bonds. The number of ether oxygens (including phenoxy) is 2. The Morgan fingerprint density at radius 1 is 1.35 bits per heavy atom. The van der Waals surface area contributed by atoms with E-state index < -0.39 is 0 Å². The van der Waals surface area contributed by atoms with Crippen molar-refractivity contribution in [3.05, 3.63) is 23.8 Å². The number of hydrogen-bond acceptors (Lipinski definition) is 4. The predicted octanol–water partition coefficient (Wildman–Crippen LogP) is 2.72. The Labute approximate surface area is 121 Å². The molecule has 1 fully saturated rings. The van der Waals surface area contributed by atoms with Gasteiger partial charge in [0.2, 0.25) is 0 Å². The van der Waals surface area contributed by atoms with Gasteiger partial charge in [-0.1, -0.05) is 6.07 Å². The number of nitrogens with two attached hydrogens (primary N) is 1. The average molecular weight is 278 g/mol. The minimum Gasteiger partial charge on any atom is -0.496 e.